The zero-order chi connectivity index (χ0) is 14.0. The molecule has 1 atom stereocenters. The van der Waals surface area contributed by atoms with E-state index in [1.165, 1.54) is 12.1 Å². The minimum absolute atomic E-state index is 0. The third kappa shape index (κ3) is 4.01. The molecule has 2 nitrogen and oxygen atoms in total. The maximum absolute atomic E-state index is 13.1. The third-order valence-corrected chi connectivity index (χ3v) is 3.71. The largest absolute Gasteiger partial charge is 0.416 e. The highest BCUT2D eigenvalue weighted by Gasteiger charge is 2.35. The van der Waals surface area contributed by atoms with E-state index < -0.39 is 11.7 Å². The van der Waals surface area contributed by atoms with E-state index >= 15 is 0 Å². The highest BCUT2D eigenvalue weighted by Crippen LogP contribution is 2.37. The molecule has 0 aromatic heterocycles. The number of piperazine rings is 1. The van der Waals surface area contributed by atoms with Crippen LogP contribution in [0.15, 0.2) is 18.2 Å². The van der Waals surface area contributed by atoms with E-state index in [-0.39, 0.29) is 23.5 Å². The number of alkyl halides is 3. The number of nitrogens with one attached hydrogen (secondary N) is 1. The predicted octanol–water partition coefficient (Wildman–Crippen LogP) is 3.75. The van der Waals surface area contributed by atoms with Crippen LogP contribution in [-0.4, -0.2) is 31.1 Å². The van der Waals surface area contributed by atoms with Gasteiger partial charge in [0.15, 0.2) is 0 Å². The molecule has 1 heterocycles. The first kappa shape index (κ1) is 17.6. The highest BCUT2D eigenvalue weighted by molar-refractivity contribution is 6.30. The van der Waals surface area contributed by atoms with Gasteiger partial charge in [0.1, 0.15) is 0 Å². The Labute approximate surface area is 127 Å². The van der Waals surface area contributed by atoms with Gasteiger partial charge in [-0.15, -0.1) is 12.4 Å². The lowest BCUT2D eigenvalue weighted by Gasteiger charge is -2.34. The lowest BCUT2D eigenvalue weighted by atomic mass is 9.99. The molecular formula is C13H17Cl2F3N2. The number of nitrogens with zero attached hydrogens (tertiary/aromatic N) is 1. The predicted molar refractivity (Wildman–Crippen MR) is 76.6 cm³/mol. The number of hydrogen-bond donors (Lipinski definition) is 1. The van der Waals surface area contributed by atoms with E-state index in [0.29, 0.717) is 5.56 Å². The van der Waals surface area contributed by atoms with Crippen LogP contribution >= 0.6 is 24.0 Å². The van der Waals surface area contributed by atoms with Crippen LogP contribution in [0, 0.1) is 0 Å². The Morgan fingerprint density at radius 1 is 1.25 bits per heavy atom. The van der Waals surface area contributed by atoms with Gasteiger partial charge in [-0.05, 0) is 24.6 Å². The highest BCUT2D eigenvalue weighted by atomic mass is 35.5. The summed E-state index contributed by atoms with van der Waals surface area (Å²) in [5.74, 6) is 0. The van der Waals surface area contributed by atoms with Gasteiger partial charge in [0, 0.05) is 37.2 Å². The summed E-state index contributed by atoms with van der Waals surface area (Å²) >= 11 is 5.69. The molecule has 1 saturated heterocycles. The minimum atomic E-state index is -4.37. The van der Waals surface area contributed by atoms with Crippen LogP contribution in [-0.2, 0) is 6.18 Å². The molecule has 114 valence electrons. The van der Waals surface area contributed by atoms with Crippen LogP contribution in [0.25, 0.3) is 0 Å². The summed E-state index contributed by atoms with van der Waals surface area (Å²) in [6, 6.07) is 3.74. The lowest BCUT2D eigenvalue weighted by Crippen LogP contribution is -2.44. The molecule has 0 bridgehead atoms. The second-order valence-corrected chi connectivity index (χ2v) is 5.13. The Morgan fingerprint density at radius 3 is 2.40 bits per heavy atom. The summed E-state index contributed by atoms with van der Waals surface area (Å²) in [6.07, 6.45) is -4.37. The Morgan fingerprint density at radius 2 is 1.85 bits per heavy atom. The van der Waals surface area contributed by atoms with E-state index in [9.17, 15) is 13.2 Å². The van der Waals surface area contributed by atoms with Crippen LogP contribution in [0.1, 0.15) is 24.1 Å². The van der Waals surface area contributed by atoms with Gasteiger partial charge in [0.2, 0.25) is 0 Å². The summed E-state index contributed by atoms with van der Waals surface area (Å²) in [5, 5.41) is 3.30. The molecule has 1 aliphatic rings. The standard InChI is InChI=1S/C13H16ClF3N2.ClH/c1-9(19-6-4-18-5-7-19)11-3-2-10(14)8-12(11)13(15,16)17;/h2-3,8-9,18H,4-7H2,1H3;1H/t9-;/m1./s1. The average Bonchev–Trinajstić information content (AvgIpc) is 2.38. The first-order chi connectivity index (χ1) is 8.89. The van der Waals surface area contributed by atoms with Crippen molar-refractivity contribution in [2.75, 3.05) is 26.2 Å². The van der Waals surface area contributed by atoms with Gasteiger partial charge in [-0.1, -0.05) is 17.7 Å². The lowest BCUT2D eigenvalue weighted by molar-refractivity contribution is -0.138. The monoisotopic (exact) mass is 328 g/mol. The Bertz CT molecular complexity index is 446. The third-order valence-electron chi connectivity index (χ3n) is 3.47. The van der Waals surface area contributed by atoms with Crippen molar-refractivity contribution in [2.45, 2.75) is 19.1 Å². The summed E-state index contributed by atoms with van der Waals surface area (Å²) in [6.45, 7) is 4.92. The number of hydrogen-bond acceptors (Lipinski definition) is 2. The molecule has 1 fully saturated rings. The van der Waals surface area contributed by atoms with E-state index in [4.69, 9.17) is 11.6 Å². The zero-order valence-corrected chi connectivity index (χ0v) is 12.6. The maximum Gasteiger partial charge on any atom is 0.416 e. The van der Waals surface area contributed by atoms with Gasteiger partial charge in [-0.2, -0.15) is 13.2 Å². The molecule has 0 radical (unpaired) electrons. The fourth-order valence-electron chi connectivity index (χ4n) is 2.40. The molecule has 0 unspecified atom stereocenters. The smallest absolute Gasteiger partial charge is 0.314 e. The summed E-state index contributed by atoms with van der Waals surface area (Å²) in [7, 11) is 0. The number of rotatable bonds is 2. The van der Waals surface area contributed by atoms with E-state index in [0.717, 1.165) is 32.2 Å². The molecule has 1 aromatic carbocycles. The van der Waals surface area contributed by atoms with Crippen LogP contribution in [0.5, 0.6) is 0 Å². The minimum Gasteiger partial charge on any atom is -0.314 e. The van der Waals surface area contributed by atoms with Crippen molar-refractivity contribution in [3.63, 3.8) is 0 Å². The molecular weight excluding hydrogens is 312 g/mol. The van der Waals surface area contributed by atoms with Gasteiger partial charge < -0.3 is 5.32 Å². The van der Waals surface area contributed by atoms with Crippen LogP contribution in [0.2, 0.25) is 5.02 Å². The molecule has 2 rings (SSSR count). The van der Waals surface area contributed by atoms with Crippen molar-refractivity contribution in [2.24, 2.45) is 0 Å². The van der Waals surface area contributed by atoms with Crippen LogP contribution in [0.3, 0.4) is 0 Å². The fraction of sp³-hybridized carbons (Fsp3) is 0.538. The van der Waals surface area contributed by atoms with Crippen molar-refractivity contribution in [3.05, 3.63) is 34.3 Å². The van der Waals surface area contributed by atoms with Crippen molar-refractivity contribution in [1.29, 1.82) is 0 Å². The fourth-order valence-corrected chi connectivity index (χ4v) is 2.58. The topological polar surface area (TPSA) is 15.3 Å². The van der Waals surface area contributed by atoms with Crippen molar-refractivity contribution < 1.29 is 13.2 Å². The zero-order valence-electron chi connectivity index (χ0n) is 11.0. The van der Waals surface area contributed by atoms with E-state index in [1.807, 2.05) is 6.92 Å². The number of halogens is 5. The van der Waals surface area contributed by atoms with Gasteiger partial charge in [0.25, 0.3) is 0 Å². The SMILES string of the molecule is C[C@H](c1ccc(Cl)cc1C(F)(F)F)N1CCNCC1.Cl. The summed E-state index contributed by atoms with van der Waals surface area (Å²) in [5.41, 5.74) is -0.343. The van der Waals surface area contributed by atoms with Gasteiger partial charge in [0.05, 0.1) is 5.56 Å². The molecule has 7 heteroatoms. The Hall–Kier alpha value is -0.490. The van der Waals surface area contributed by atoms with Crippen molar-refractivity contribution >= 4 is 24.0 Å². The molecule has 0 spiro atoms. The first-order valence-corrected chi connectivity index (χ1v) is 6.59. The quantitative estimate of drug-likeness (QED) is 0.889. The second-order valence-electron chi connectivity index (χ2n) is 4.69. The molecule has 1 N–H and O–H groups in total. The van der Waals surface area contributed by atoms with Crippen molar-refractivity contribution in [3.8, 4) is 0 Å². The van der Waals surface area contributed by atoms with Gasteiger partial charge in [-0.25, -0.2) is 0 Å². The second kappa shape index (κ2) is 6.98. The summed E-state index contributed by atoms with van der Waals surface area (Å²) in [4.78, 5) is 2.05. The van der Waals surface area contributed by atoms with E-state index in [1.54, 1.807) is 0 Å². The molecule has 20 heavy (non-hydrogen) atoms. The normalized spacial score (nSPS) is 18.4. The Kier molecular flexibility index (Phi) is 6.13. The van der Waals surface area contributed by atoms with Crippen LogP contribution < -0.4 is 5.32 Å². The summed E-state index contributed by atoms with van der Waals surface area (Å²) < 4.78 is 39.2. The first-order valence-electron chi connectivity index (χ1n) is 6.21. The maximum atomic E-state index is 13.1. The number of benzene rings is 1. The molecule has 0 saturated carbocycles. The molecule has 0 amide bonds. The van der Waals surface area contributed by atoms with Crippen molar-refractivity contribution in [1.82, 2.24) is 10.2 Å². The van der Waals surface area contributed by atoms with Gasteiger partial charge in [-0.3, -0.25) is 4.90 Å². The Balaban J connectivity index is 0.00000200. The van der Waals surface area contributed by atoms with Gasteiger partial charge >= 0.3 is 6.18 Å². The average molecular weight is 329 g/mol. The molecule has 0 aliphatic carbocycles. The molecule has 1 aliphatic heterocycles. The van der Waals surface area contributed by atoms with E-state index in [2.05, 4.69) is 10.2 Å². The molecule has 1 aromatic rings. The van der Waals surface area contributed by atoms with Crippen LogP contribution in [0.4, 0.5) is 13.2 Å².